The minimum absolute atomic E-state index is 0.123. The lowest BCUT2D eigenvalue weighted by atomic mass is 10.1. The van der Waals surface area contributed by atoms with Crippen LogP contribution in [-0.4, -0.2) is 43.0 Å². The third-order valence-electron chi connectivity index (χ3n) is 4.06. The fraction of sp³-hybridized carbons (Fsp3) is 0.471. The number of fused-ring (bicyclic) bond motifs is 1. The normalized spacial score (nSPS) is 14.6. The predicted molar refractivity (Wildman–Crippen MR) is 85.0 cm³/mol. The van der Waals surface area contributed by atoms with Crippen LogP contribution in [0.1, 0.15) is 42.1 Å². The molecule has 1 atom stereocenters. The average molecular weight is 302 g/mol. The van der Waals surface area contributed by atoms with Crippen LogP contribution in [0.15, 0.2) is 18.2 Å². The molecule has 0 aliphatic carbocycles. The summed E-state index contributed by atoms with van der Waals surface area (Å²) in [6.45, 7) is 3.51. The highest BCUT2D eigenvalue weighted by molar-refractivity contribution is 6.00. The standard InChI is InChI=1S/C17H22N2O3/c1-3-8-18(2)14-6-7-16-13(10-14)11-19(17(16)22)15(12-21)5-4-9-20/h6-7,9-10,12,15H,3-5,8,11H2,1-2H3. The van der Waals surface area contributed by atoms with Gasteiger partial charge in [-0.3, -0.25) is 4.79 Å². The second kappa shape index (κ2) is 7.20. The Labute approximate surface area is 130 Å². The molecule has 1 amide bonds. The number of hydrogen-bond acceptors (Lipinski definition) is 4. The number of hydrogen-bond donors (Lipinski definition) is 0. The Balaban J connectivity index is 2.19. The number of benzene rings is 1. The third-order valence-corrected chi connectivity index (χ3v) is 4.06. The van der Waals surface area contributed by atoms with Crippen LogP contribution in [0.5, 0.6) is 0 Å². The minimum atomic E-state index is -0.526. The first-order valence-corrected chi connectivity index (χ1v) is 7.66. The fourth-order valence-electron chi connectivity index (χ4n) is 2.84. The largest absolute Gasteiger partial charge is 0.375 e. The lowest BCUT2D eigenvalue weighted by Crippen LogP contribution is -2.36. The van der Waals surface area contributed by atoms with Gasteiger partial charge in [0.2, 0.25) is 0 Å². The van der Waals surface area contributed by atoms with Gasteiger partial charge in [-0.2, -0.15) is 0 Å². The van der Waals surface area contributed by atoms with E-state index in [9.17, 15) is 14.4 Å². The lowest BCUT2D eigenvalue weighted by molar-refractivity contribution is -0.112. The molecular weight excluding hydrogens is 280 g/mol. The summed E-state index contributed by atoms with van der Waals surface area (Å²) in [6.07, 6.45) is 3.26. The van der Waals surface area contributed by atoms with E-state index in [2.05, 4.69) is 11.8 Å². The van der Waals surface area contributed by atoms with Gasteiger partial charge in [0.25, 0.3) is 5.91 Å². The van der Waals surface area contributed by atoms with E-state index in [4.69, 9.17) is 0 Å². The van der Waals surface area contributed by atoms with Gasteiger partial charge in [0.1, 0.15) is 12.6 Å². The van der Waals surface area contributed by atoms with E-state index in [0.29, 0.717) is 18.5 Å². The van der Waals surface area contributed by atoms with Crippen molar-refractivity contribution in [3.8, 4) is 0 Å². The summed E-state index contributed by atoms with van der Waals surface area (Å²) in [5, 5.41) is 0. The summed E-state index contributed by atoms with van der Waals surface area (Å²) in [5.74, 6) is -0.123. The molecule has 1 aromatic carbocycles. The Morgan fingerprint density at radius 3 is 2.77 bits per heavy atom. The average Bonchev–Trinajstić information content (AvgIpc) is 2.85. The second-order valence-corrected chi connectivity index (χ2v) is 5.64. The molecule has 1 unspecified atom stereocenters. The van der Waals surface area contributed by atoms with Gasteiger partial charge < -0.3 is 19.4 Å². The van der Waals surface area contributed by atoms with Gasteiger partial charge in [0.05, 0.1) is 6.04 Å². The molecule has 5 heteroatoms. The van der Waals surface area contributed by atoms with Gasteiger partial charge in [0, 0.05) is 37.8 Å². The maximum atomic E-state index is 12.4. The number of aldehydes is 2. The van der Waals surface area contributed by atoms with E-state index in [1.807, 2.05) is 25.2 Å². The molecule has 118 valence electrons. The Bertz CT molecular complexity index is 571. The highest BCUT2D eigenvalue weighted by Gasteiger charge is 2.32. The first-order valence-electron chi connectivity index (χ1n) is 7.66. The maximum Gasteiger partial charge on any atom is 0.255 e. The van der Waals surface area contributed by atoms with Crippen molar-refractivity contribution in [2.45, 2.75) is 38.8 Å². The Morgan fingerprint density at radius 2 is 2.14 bits per heavy atom. The van der Waals surface area contributed by atoms with Gasteiger partial charge in [-0.15, -0.1) is 0 Å². The van der Waals surface area contributed by atoms with E-state index in [1.165, 1.54) is 0 Å². The van der Waals surface area contributed by atoms with Gasteiger partial charge in [-0.25, -0.2) is 0 Å². The van der Waals surface area contributed by atoms with Crippen molar-refractivity contribution in [2.24, 2.45) is 0 Å². The Morgan fingerprint density at radius 1 is 1.36 bits per heavy atom. The molecule has 22 heavy (non-hydrogen) atoms. The van der Waals surface area contributed by atoms with Crippen molar-refractivity contribution >= 4 is 24.2 Å². The number of amides is 1. The van der Waals surface area contributed by atoms with Crippen molar-refractivity contribution in [1.29, 1.82) is 0 Å². The van der Waals surface area contributed by atoms with Crippen molar-refractivity contribution in [2.75, 3.05) is 18.5 Å². The van der Waals surface area contributed by atoms with Crippen LogP contribution in [0.25, 0.3) is 0 Å². The molecule has 0 fully saturated rings. The molecule has 1 aliphatic heterocycles. The van der Waals surface area contributed by atoms with Crippen LogP contribution in [-0.2, 0) is 16.1 Å². The van der Waals surface area contributed by atoms with Gasteiger partial charge >= 0.3 is 0 Å². The summed E-state index contributed by atoms with van der Waals surface area (Å²) in [5.41, 5.74) is 2.68. The highest BCUT2D eigenvalue weighted by Crippen LogP contribution is 2.29. The number of nitrogens with zero attached hydrogens (tertiary/aromatic N) is 2. The van der Waals surface area contributed by atoms with E-state index in [-0.39, 0.29) is 12.3 Å². The van der Waals surface area contributed by atoms with Gasteiger partial charge in [0.15, 0.2) is 0 Å². The van der Waals surface area contributed by atoms with Crippen molar-refractivity contribution in [3.05, 3.63) is 29.3 Å². The van der Waals surface area contributed by atoms with E-state index in [0.717, 1.165) is 36.8 Å². The molecule has 0 radical (unpaired) electrons. The van der Waals surface area contributed by atoms with Crippen molar-refractivity contribution in [3.63, 3.8) is 0 Å². The summed E-state index contributed by atoms with van der Waals surface area (Å²) in [7, 11) is 2.03. The summed E-state index contributed by atoms with van der Waals surface area (Å²) >= 11 is 0. The molecular formula is C17H22N2O3. The number of rotatable bonds is 8. The molecule has 0 N–H and O–H groups in total. The second-order valence-electron chi connectivity index (χ2n) is 5.64. The van der Waals surface area contributed by atoms with Crippen LogP contribution >= 0.6 is 0 Å². The van der Waals surface area contributed by atoms with Crippen LogP contribution in [0.4, 0.5) is 5.69 Å². The number of carbonyl (C=O) groups is 3. The Kier molecular flexibility index (Phi) is 5.31. The van der Waals surface area contributed by atoms with E-state index in [1.54, 1.807) is 4.90 Å². The van der Waals surface area contributed by atoms with Crippen LogP contribution < -0.4 is 4.90 Å². The molecule has 0 aromatic heterocycles. The van der Waals surface area contributed by atoms with Gasteiger partial charge in [-0.05, 0) is 36.6 Å². The monoisotopic (exact) mass is 302 g/mol. The van der Waals surface area contributed by atoms with Crippen LogP contribution in [0, 0.1) is 0 Å². The SMILES string of the molecule is CCCN(C)c1ccc2c(c1)CN(C(C=O)CCC=O)C2=O. The summed E-state index contributed by atoms with van der Waals surface area (Å²) < 4.78 is 0. The van der Waals surface area contributed by atoms with Crippen molar-refractivity contribution in [1.82, 2.24) is 4.90 Å². The summed E-state index contributed by atoms with van der Waals surface area (Å²) in [6, 6.07) is 5.27. The quantitative estimate of drug-likeness (QED) is 0.690. The smallest absolute Gasteiger partial charge is 0.255 e. The zero-order valence-corrected chi connectivity index (χ0v) is 13.1. The van der Waals surface area contributed by atoms with Crippen molar-refractivity contribution < 1.29 is 14.4 Å². The van der Waals surface area contributed by atoms with Crippen LogP contribution in [0.3, 0.4) is 0 Å². The lowest BCUT2D eigenvalue weighted by Gasteiger charge is -2.22. The predicted octanol–water partition coefficient (Wildman–Crippen LogP) is 2.04. The summed E-state index contributed by atoms with van der Waals surface area (Å²) in [4.78, 5) is 37.9. The van der Waals surface area contributed by atoms with E-state index >= 15 is 0 Å². The fourth-order valence-corrected chi connectivity index (χ4v) is 2.84. The zero-order valence-electron chi connectivity index (χ0n) is 13.1. The van der Waals surface area contributed by atoms with E-state index < -0.39 is 6.04 Å². The third kappa shape index (κ3) is 3.18. The van der Waals surface area contributed by atoms with Crippen LogP contribution in [0.2, 0.25) is 0 Å². The molecule has 1 aliphatic rings. The molecule has 2 rings (SSSR count). The molecule has 0 spiro atoms. The minimum Gasteiger partial charge on any atom is -0.375 e. The first-order chi connectivity index (χ1) is 10.6. The topological polar surface area (TPSA) is 57.7 Å². The number of carbonyl (C=O) groups excluding carboxylic acids is 3. The molecule has 0 bridgehead atoms. The molecule has 1 heterocycles. The highest BCUT2D eigenvalue weighted by atomic mass is 16.2. The maximum absolute atomic E-state index is 12.4. The molecule has 0 saturated carbocycles. The number of anilines is 1. The zero-order chi connectivity index (χ0) is 16.1. The molecule has 0 saturated heterocycles. The Hall–Kier alpha value is -2.17. The molecule has 5 nitrogen and oxygen atoms in total. The van der Waals surface area contributed by atoms with Gasteiger partial charge in [-0.1, -0.05) is 6.92 Å². The molecule has 1 aromatic rings. The first kappa shape index (κ1) is 16.2.